The summed E-state index contributed by atoms with van der Waals surface area (Å²) in [5.74, 6) is -0.0892. The van der Waals surface area contributed by atoms with Crippen LogP contribution >= 0.6 is 0 Å². The van der Waals surface area contributed by atoms with Crippen LogP contribution in [0.1, 0.15) is 33.5 Å². The van der Waals surface area contributed by atoms with Crippen LogP contribution < -0.4 is 0 Å². The molecule has 0 amide bonds. The predicted octanol–water partition coefficient (Wildman–Crippen LogP) is 1.37. The molecule has 6 heteroatoms. The normalized spacial score (nSPS) is 27.8. The number of carbonyl (C=O) groups is 1. The minimum Gasteiger partial charge on any atom is -0.622 e. The number of hydrogen-bond donors (Lipinski definition) is 1. The van der Waals surface area contributed by atoms with Gasteiger partial charge in [0.25, 0.3) is 5.71 Å². The summed E-state index contributed by atoms with van der Waals surface area (Å²) in [6.45, 7) is 5.98. The van der Waals surface area contributed by atoms with Crippen molar-refractivity contribution in [2.45, 2.75) is 38.9 Å². The Balaban J connectivity index is 2.69. The van der Waals surface area contributed by atoms with Crippen molar-refractivity contribution in [3.05, 3.63) is 29.4 Å². The summed E-state index contributed by atoms with van der Waals surface area (Å²) in [6.07, 6.45) is 1.44. The van der Waals surface area contributed by atoms with E-state index in [-0.39, 0.29) is 5.71 Å². The lowest BCUT2D eigenvalue weighted by Gasteiger charge is -2.30. The van der Waals surface area contributed by atoms with E-state index in [9.17, 15) is 15.2 Å². The van der Waals surface area contributed by atoms with E-state index in [1.54, 1.807) is 26.0 Å². The number of furan rings is 1. The zero-order valence-electron chi connectivity index (χ0n) is 10.8. The standard InChI is InChI=1S/C12H16N2O4/c1-8(15)12(4)13(16)10(9-6-5-7-18-9)11(2,3)14(12)17/h5-7,17H,1-4H3/t12-/m0/s1. The van der Waals surface area contributed by atoms with Crippen LogP contribution in [-0.4, -0.2) is 37.7 Å². The van der Waals surface area contributed by atoms with E-state index in [0.29, 0.717) is 10.5 Å². The second-order valence-corrected chi connectivity index (χ2v) is 5.07. The topological polar surface area (TPSA) is 79.8 Å². The number of rotatable bonds is 2. The molecule has 1 aromatic rings. The maximum absolute atomic E-state index is 12.4. The molecule has 0 saturated heterocycles. The van der Waals surface area contributed by atoms with Crippen LogP contribution in [0.15, 0.2) is 22.8 Å². The first-order valence-electron chi connectivity index (χ1n) is 5.63. The molecule has 2 heterocycles. The monoisotopic (exact) mass is 252 g/mol. The smallest absolute Gasteiger partial charge is 0.307 e. The van der Waals surface area contributed by atoms with Gasteiger partial charge in [-0.15, -0.1) is 5.06 Å². The van der Waals surface area contributed by atoms with Gasteiger partial charge in [0, 0.05) is 13.8 Å². The third kappa shape index (κ3) is 1.36. The highest BCUT2D eigenvalue weighted by molar-refractivity contribution is 6.04. The van der Waals surface area contributed by atoms with Crippen LogP contribution in [0, 0.1) is 5.21 Å². The summed E-state index contributed by atoms with van der Waals surface area (Å²) in [4.78, 5) is 11.7. The number of Topliss-reactive ketones (excluding diaryl/α,β-unsaturated/α-hetero) is 1. The van der Waals surface area contributed by atoms with Gasteiger partial charge in [0.05, 0.1) is 6.26 Å². The van der Waals surface area contributed by atoms with Gasteiger partial charge in [-0.1, -0.05) is 0 Å². The maximum Gasteiger partial charge on any atom is 0.307 e. The molecule has 6 nitrogen and oxygen atoms in total. The molecule has 0 saturated carbocycles. The van der Waals surface area contributed by atoms with Crippen molar-refractivity contribution in [3.63, 3.8) is 0 Å². The molecule has 0 aromatic carbocycles. The molecule has 0 aliphatic carbocycles. The van der Waals surface area contributed by atoms with Gasteiger partial charge in [-0.3, -0.25) is 4.79 Å². The highest BCUT2D eigenvalue weighted by Gasteiger charge is 2.63. The quantitative estimate of drug-likeness (QED) is 0.635. The Kier molecular flexibility index (Phi) is 2.60. The average molecular weight is 252 g/mol. The summed E-state index contributed by atoms with van der Waals surface area (Å²) >= 11 is 0. The van der Waals surface area contributed by atoms with Crippen LogP contribution in [0.5, 0.6) is 0 Å². The maximum atomic E-state index is 12.4. The van der Waals surface area contributed by atoms with Crippen LogP contribution in [-0.2, 0) is 4.79 Å². The van der Waals surface area contributed by atoms with Crippen molar-refractivity contribution in [1.29, 1.82) is 0 Å². The number of hydroxylamine groups is 3. The lowest BCUT2D eigenvalue weighted by atomic mass is 9.96. The van der Waals surface area contributed by atoms with E-state index in [1.165, 1.54) is 20.1 Å². The molecule has 0 radical (unpaired) electrons. The first-order chi connectivity index (χ1) is 8.24. The first-order valence-corrected chi connectivity index (χ1v) is 5.63. The third-order valence-electron chi connectivity index (χ3n) is 3.54. The molecular formula is C12H16N2O4. The molecule has 2 rings (SSSR count). The minimum atomic E-state index is -1.63. The van der Waals surface area contributed by atoms with Crippen LogP contribution in [0.2, 0.25) is 0 Å². The Morgan fingerprint density at radius 2 is 2.11 bits per heavy atom. The van der Waals surface area contributed by atoms with Crippen LogP contribution in [0.4, 0.5) is 0 Å². The van der Waals surface area contributed by atoms with Crippen molar-refractivity contribution in [3.8, 4) is 0 Å². The van der Waals surface area contributed by atoms with Gasteiger partial charge in [-0.25, -0.2) is 0 Å². The van der Waals surface area contributed by atoms with E-state index < -0.39 is 17.0 Å². The van der Waals surface area contributed by atoms with Gasteiger partial charge in [0.2, 0.25) is 5.78 Å². The fraction of sp³-hybridized carbons (Fsp3) is 0.500. The molecule has 0 fully saturated rings. The van der Waals surface area contributed by atoms with Gasteiger partial charge in [-0.05, 0) is 26.0 Å². The van der Waals surface area contributed by atoms with Gasteiger partial charge >= 0.3 is 5.66 Å². The second-order valence-electron chi connectivity index (χ2n) is 5.07. The van der Waals surface area contributed by atoms with Crippen molar-refractivity contribution < 1.29 is 19.2 Å². The summed E-state index contributed by atoms with van der Waals surface area (Å²) in [5.41, 5.74) is -2.42. The number of hydrogen-bond acceptors (Lipinski definition) is 5. The van der Waals surface area contributed by atoms with Crippen molar-refractivity contribution in [2.75, 3.05) is 0 Å². The van der Waals surface area contributed by atoms with Gasteiger partial charge < -0.3 is 14.8 Å². The highest BCUT2D eigenvalue weighted by Crippen LogP contribution is 2.35. The molecule has 1 atom stereocenters. The predicted molar refractivity (Wildman–Crippen MR) is 63.2 cm³/mol. The van der Waals surface area contributed by atoms with E-state index in [0.717, 1.165) is 5.06 Å². The molecule has 0 unspecified atom stereocenters. The van der Waals surface area contributed by atoms with Crippen molar-refractivity contribution in [1.82, 2.24) is 5.06 Å². The number of carbonyl (C=O) groups excluding carboxylic acids is 1. The summed E-state index contributed by atoms with van der Waals surface area (Å²) in [7, 11) is 0. The minimum absolute atomic E-state index is 0.229. The largest absolute Gasteiger partial charge is 0.622 e. The average Bonchev–Trinajstić information content (AvgIpc) is 2.83. The number of nitrogens with zero attached hydrogens (tertiary/aromatic N) is 2. The SMILES string of the molecule is CC(=O)[C@]1(C)N(O)C(C)(C)C(c2ccco2)=[N+]1[O-]. The molecule has 1 aliphatic heterocycles. The summed E-state index contributed by atoms with van der Waals surface area (Å²) < 4.78 is 5.74. The molecule has 1 N–H and O–H groups in total. The van der Waals surface area contributed by atoms with Gasteiger partial charge in [0.1, 0.15) is 5.54 Å². The molecule has 1 aliphatic rings. The molecule has 18 heavy (non-hydrogen) atoms. The van der Waals surface area contributed by atoms with Gasteiger partial charge in [-0.2, -0.15) is 4.74 Å². The zero-order chi connectivity index (χ0) is 13.7. The molecular weight excluding hydrogens is 236 g/mol. The zero-order valence-corrected chi connectivity index (χ0v) is 10.8. The highest BCUT2D eigenvalue weighted by atomic mass is 16.6. The lowest BCUT2D eigenvalue weighted by molar-refractivity contribution is -0.565. The lowest BCUT2D eigenvalue weighted by Crippen LogP contribution is -2.57. The fourth-order valence-corrected chi connectivity index (χ4v) is 2.30. The Morgan fingerprint density at radius 3 is 2.50 bits per heavy atom. The molecule has 0 spiro atoms. The van der Waals surface area contributed by atoms with Crippen LogP contribution in [0.3, 0.4) is 0 Å². The van der Waals surface area contributed by atoms with E-state index in [1.807, 2.05) is 0 Å². The Morgan fingerprint density at radius 1 is 1.50 bits per heavy atom. The van der Waals surface area contributed by atoms with Crippen molar-refractivity contribution >= 4 is 11.5 Å². The summed E-state index contributed by atoms with van der Waals surface area (Å²) in [5, 5.41) is 23.4. The third-order valence-corrected chi connectivity index (χ3v) is 3.54. The molecule has 98 valence electrons. The number of ketones is 1. The Hall–Kier alpha value is -1.66. The van der Waals surface area contributed by atoms with Crippen LogP contribution in [0.25, 0.3) is 0 Å². The first kappa shape index (κ1) is 12.8. The molecule has 1 aromatic heterocycles. The molecule has 0 bridgehead atoms. The Bertz CT molecular complexity index is 518. The van der Waals surface area contributed by atoms with E-state index in [2.05, 4.69) is 0 Å². The van der Waals surface area contributed by atoms with E-state index in [4.69, 9.17) is 4.42 Å². The van der Waals surface area contributed by atoms with Gasteiger partial charge in [0.15, 0.2) is 5.76 Å². The Labute approximate surface area is 105 Å². The fourth-order valence-electron chi connectivity index (χ4n) is 2.30. The van der Waals surface area contributed by atoms with Crippen molar-refractivity contribution in [2.24, 2.45) is 0 Å². The summed E-state index contributed by atoms with van der Waals surface area (Å²) in [6, 6.07) is 3.28. The second kappa shape index (κ2) is 3.66. The van der Waals surface area contributed by atoms with E-state index >= 15 is 0 Å².